The number of carbonyl (C=O) groups excluding carboxylic acids is 1. The lowest BCUT2D eigenvalue weighted by Crippen LogP contribution is -2.36. The van der Waals surface area contributed by atoms with Gasteiger partial charge in [-0.2, -0.15) is 8.42 Å². The van der Waals surface area contributed by atoms with Crippen molar-refractivity contribution in [2.75, 3.05) is 10.2 Å². The summed E-state index contributed by atoms with van der Waals surface area (Å²) in [7, 11) is -3.98. The molecule has 0 aliphatic carbocycles. The molecular weight excluding hydrogens is 429 g/mol. The Morgan fingerprint density at radius 2 is 1.81 bits per heavy atom. The van der Waals surface area contributed by atoms with Gasteiger partial charge in [-0.25, -0.2) is 4.39 Å². The molecule has 0 radical (unpaired) electrons. The summed E-state index contributed by atoms with van der Waals surface area (Å²) in [5, 5.41) is 2.64. The maximum Gasteiger partial charge on any atom is 0.286 e. The van der Waals surface area contributed by atoms with E-state index >= 15 is 0 Å². The lowest BCUT2D eigenvalue weighted by molar-refractivity contribution is 0.102. The van der Waals surface area contributed by atoms with Crippen LogP contribution in [-0.4, -0.2) is 20.2 Å². The summed E-state index contributed by atoms with van der Waals surface area (Å²) < 4.78 is 43.7. The second kappa shape index (κ2) is 8.55. The SMILES string of the molecule is CC[C@@H](C)C1=NS(=O)(=O)c2cc(NC(=O)c3cccc(F)c3)ccc2N1c1ccccc1. The van der Waals surface area contributed by atoms with Gasteiger partial charge in [-0.05, 0) is 55.0 Å². The summed E-state index contributed by atoms with van der Waals surface area (Å²) in [6.45, 7) is 3.91. The molecule has 1 N–H and O–H groups in total. The number of hydrogen-bond donors (Lipinski definition) is 1. The molecule has 1 aliphatic rings. The van der Waals surface area contributed by atoms with Crippen molar-refractivity contribution in [1.29, 1.82) is 0 Å². The molecule has 0 unspecified atom stereocenters. The molecule has 164 valence electrons. The summed E-state index contributed by atoms with van der Waals surface area (Å²) in [6, 6.07) is 19.3. The zero-order chi connectivity index (χ0) is 22.9. The van der Waals surface area contributed by atoms with Crippen molar-refractivity contribution in [1.82, 2.24) is 0 Å². The van der Waals surface area contributed by atoms with Crippen LogP contribution in [0.5, 0.6) is 0 Å². The molecule has 1 amide bonds. The molecule has 1 atom stereocenters. The second-order valence-corrected chi connectivity index (χ2v) is 9.12. The third-order valence-electron chi connectivity index (χ3n) is 5.33. The quantitative estimate of drug-likeness (QED) is 0.566. The summed E-state index contributed by atoms with van der Waals surface area (Å²) in [6.07, 6.45) is 0.717. The molecule has 0 saturated carbocycles. The number of nitrogens with zero attached hydrogens (tertiary/aromatic N) is 2. The number of carbonyl (C=O) groups is 1. The number of amidine groups is 1. The molecule has 32 heavy (non-hydrogen) atoms. The highest BCUT2D eigenvalue weighted by Gasteiger charge is 2.34. The lowest BCUT2D eigenvalue weighted by Gasteiger charge is -2.33. The number of nitrogens with one attached hydrogen (secondary N) is 1. The third-order valence-corrected chi connectivity index (χ3v) is 6.64. The maximum atomic E-state index is 13.4. The van der Waals surface area contributed by atoms with Crippen LogP contribution in [0.15, 0.2) is 82.1 Å². The predicted octanol–water partition coefficient (Wildman–Crippen LogP) is 5.36. The monoisotopic (exact) mass is 451 g/mol. The smallest absolute Gasteiger partial charge is 0.286 e. The normalized spacial score (nSPS) is 15.5. The molecule has 4 rings (SSSR count). The predicted molar refractivity (Wildman–Crippen MR) is 123 cm³/mol. The first-order valence-electron chi connectivity index (χ1n) is 10.2. The summed E-state index contributed by atoms with van der Waals surface area (Å²) in [5.74, 6) is -0.717. The highest BCUT2D eigenvalue weighted by molar-refractivity contribution is 7.90. The van der Waals surface area contributed by atoms with Crippen LogP contribution in [0.3, 0.4) is 0 Å². The van der Waals surface area contributed by atoms with Crippen molar-refractivity contribution in [3.8, 4) is 0 Å². The molecule has 8 heteroatoms. The molecule has 0 spiro atoms. The highest BCUT2D eigenvalue weighted by atomic mass is 32.2. The number of amides is 1. The molecule has 6 nitrogen and oxygen atoms in total. The minimum absolute atomic E-state index is 0.00884. The van der Waals surface area contributed by atoms with Crippen LogP contribution in [0.4, 0.5) is 21.5 Å². The van der Waals surface area contributed by atoms with Gasteiger partial charge < -0.3 is 5.32 Å². The Balaban J connectivity index is 1.78. The minimum atomic E-state index is -3.98. The second-order valence-electron chi connectivity index (χ2n) is 7.55. The van der Waals surface area contributed by atoms with Crippen LogP contribution in [0.25, 0.3) is 0 Å². The highest BCUT2D eigenvalue weighted by Crippen LogP contribution is 2.40. The first-order chi connectivity index (χ1) is 15.3. The molecule has 0 aromatic heterocycles. The van der Waals surface area contributed by atoms with Gasteiger partial charge in [0.1, 0.15) is 16.5 Å². The zero-order valence-corrected chi connectivity index (χ0v) is 18.4. The fourth-order valence-corrected chi connectivity index (χ4v) is 4.80. The molecule has 1 aliphatic heterocycles. The Hall–Kier alpha value is -3.52. The number of para-hydroxylation sites is 1. The van der Waals surface area contributed by atoms with E-state index in [1.54, 1.807) is 12.1 Å². The van der Waals surface area contributed by atoms with Gasteiger partial charge in [0.15, 0.2) is 0 Å². The van der Waals surface area contributed by atoms with Gasteiger partial charge >= 0.3 is 0 Å². The van der Waals surface area contributed by atoms with E-state index < -0.39 is 21.7 Å². The van der Waals surface area contributed by atoms with Crippen LogP contribution in [0.1, 0.15) is 30.6 Å². The van der Waals surface area contributed by atoms with Gasteiger partial charge in [0, 0.05) is 22.9 Å². The lowest BCUT2D eigenvalue weighted by atomic mass is 10.1. The first-order valence-corrected chi connectivity index (χ1v) is 11.6. The first kappa shape index (κ1) is 21.7. The summed E-state index contributed by atoms with van der Waals surface area (Å²) in [4.78, 5) is 14.3. The number of halogens is 1. The number of sulfonamides is 1. The topological polar surface area (TPSA) is 78.8 Å². The molecule has 3 aromatic rings. The van der Waals surface area contributed by atoms with Crippen molar-refractivity contribution >= 4 is 38.8 Å². The number of rotatable bonds is 5. The van der Waals surface area contributed by atoms with Crippen molar-refractivity contribution in [3.63, 3.8) is 0 Å². The molecule has 0 bridgehead atoms. The number of benzene rings is 3. The van der Waals surface area contributed by atoms with E-state index in [1.165, 1.54) is 24.3 Å². The van der Waals surface area contributed by atoms with Gasteiger partial charge in [-0.1, -0.05) is 38.1 Å². The van der Waals surface area contributed by atoms with E-state index in [0.29, 0.717) is 11.5 Å². The number of fused-ring (bicyclic) bond motifs is 1. The molecule has 1 heterocycles. The van der Waals surface area contributed by atoms with E-state index in [4.69, 9.17) is 0 Å². The van der Waals surface area contributed by atoms with Crippen molar-refractivity contribution in [3.05, 3.63) is 84.2 Å². The van der Waals surface area contributed by atoms with E-state index in [2.05, 4.69) is 9.71 Å². The summed E-state index contributed by atoms with van der Waals surface area (Å²) in [5.41, 5.74) is 1.66. The Morgan fingerprint density at radius 3 is 2.50 bits per heavy atom. The average Bonchev–Trinajstić information content (AvgIpc) is 2.79. The van der Waals surface area contributed by atoms with Gasteiger partial charge in [0.25, 0.3) is 15.9 Å². The van der Waals surface area contributed by atoms with Crippen LogP contribution in [0, 0.1) is 11.7 Å². The molecule has 0 fully saturated rings. The van der Waals surface area contributed by atoms with Crippen LogP contribution in [-0.2, 0) is 10.0 Å². The third kappa shape index (κ3) is 4.13. The Morgan fingerprint density at radius 1 is 1.06 bits per heavy atom. The Kier molecular flexibility index (Phi) is 5.80. The molecule has 3 aromatic carbocycles. The van der Waals surface area contributed by atoms with E-state index in [-0.39, 0.29) is 22.1 Å². The van der Waals surface area contributed by atoms with Gasteiger partial charge in [0.05, 0.1) is 5.69 Å². The van der Waals surface area contributed by atoms with E-state index in [9.17, 15) is 17.6 Å². The van der Waals surface area contributed by atoms with Crippen LogP contribution >= 0.6 is 0 Å². The summed E-state index contributed by atoms with van der Waals surface area (Å²) >= 11 is 0. The minimum Gasteiger partial charge on any atom is -0.322 e. The molecule has 0 saturated heterocycles. The number of hydrogen-bond acceptors (Lipinski definition) is 4. The van der Waals surface area contributed by atoms with Gasteiger partial charge in [0.2, 0.25) is 0 Å². The van der Waals surface area contributed by atoms with E-state index in [1.807, 2.05) is 49.1 Å². The van der Waals surface area contributed by atoms with Crippen LogP contribution in [0.2, 0.25) is 0 Å². The van der Waals surface area contributed by atoms with Crippen LogP contribution < -0.4 is 10.2 Å². The Labute approximate surface area is 186 Å². The molecular formula is C24H22FN3O3S. The van der Waals surface area contributed by atoms with Crippen molar-refractivity contribution in [2.24, 2.45) is 10.3 Å². The maximum absolute atomic E-state index is 13.4. The van der Waals surface area contributed by atoms with Crippen molar-refractivity contribution < 1.29 is 17.6 Å². The van der Waals surface area contributed by atoms with Gasteiger partial charge in [-0.3, -0.25) is 9.69 Å². The number of anilines is 3. The fourth-order valence-electron chi connectivity index (χ4n) is 3.49. The standard InChI is InChI=1S/C24H22FN3O3S/c1-3-16(2)23-27-32(30,31)22-15-19(26-24(29)17-8-7-9-18(25)14-17)12-13-21(22)28(23)20-10-5-4-6-11-20/h4-16H,3H2,1-2H3,(H,26,29)/t16-/m1/s1. The van der Waals surface area contributed by atoms with Gasteiger partial charge in [-0.15, -0.1) is 4.40 Å². The zero-order valence-electron chi connectivity index (χ0n) is 17.6. The van der Waals surface area contributed by atoms with E-state index in [0.717, 1.165) is 18.2 Å². The van der Waals surface area contributed by atoms with Crippen molar-refractivity contribution in [2.45, 2.75) is 25.2 Å². The fraction of sp³-hybridized carbons (Fsp3) is 0.167. The largest absolute Gasteiger partial charge is 0.322 e. The average molecular weight is 452 g/mol. The Bertz CT molecular complexity index is 1310.